The van der Waals surface area contributed by atoms with Crippen LogP contribution < -0.4 is 5.73 Å². The molecule has 0 amide bonds. The molecule has 0 aliphatic rings. The van der Waals surface area contributed by atoms with E-state index in [9.17, 15) is 0 Å². The van der Waals surface area contributed by atoms with Crippen molar-refractivity contribution in [3.05, 3.63) is 33.8 Å². The van der Waals surface area contributed by atoms with Gasteiger partial charge in [0.05, 0.1) is 5.69 Å². The third kappa shape index (κ3) is 1.85. The van der Waals surface area contributed by atoms with E-state index in [1.54, 1.807) is 4.68 Å². The number of benzene rings is 1. The molecule has 2 aromatic rings. The number of anilines is 1. The van der Waals surface area contributed by atoms with E-state index < -0.39 is 0 Å². The zero-order valence-electron chi connectivity index (χ0n) is 9.58. The lowest BCUT2D eigenvalue weighted by atomic mass is 10.0. The molecule has 0 radical (unpaired) electrons. The lowest BCUT2D eigenvalue weighted by Crippen LogP contribution is -1.96. The highest BCUT2D eigenvalue weighted by molar-refractivity contribution is 9.10. The van der Waals surface area contributed by atoms with Crippen molar-refractivity contribution >= 4 is 21.7 Å². The van der Waals surface area contributed by atoms with E-state index in [1.807, 2.05) is 13.1 Å². The van der Waals surface area contributed by atoms with Crippen LogP contribution in [0.15, 0.2) is 22.7 Å². The summed E-state index contributed by atoms with van der Waals surface area (Å²) < 4.78 is 2.75. The monoisotopic (exact) mass is 279 g/mol. The van der Waals surface area contributed by atoms with Crippen molar-refractivity contribution in [3.63, 3.8) is 0 Å². The topological polar surface area (TPSA) is 43.8 Å². The van der Waals surface area contributed by atoms with Gasteiger partial charge in [-0.05, 0) is 37.1 Å². The second-order valence-corrected chi connectivity index (χ2v) is 4.89. The summed E-state index contributed by atoms with van der Waals surface area (Å²) in [5.41, 5.74) is 10.3. The molecule has 0 aliphatic carbocycles. The lowest BCUT2D eigenvalue weighted by molar-refractivity contribution is 0.782. The van der Waals surface area contributed by atoms with Gasteiger partial charge in [-0.1, -0.05) is 15.9 Å². The van der Waals surface area contributed by atoms with Crippen LogP contribution in [0.5, 0.6) is 0 Å². The van der Waals surface area contributed by atoms with E-state index in [2.05, 4.69) is 47.0 Å². The summed E-state index contributed by atoms with van der Waals surface area (Å²) in [4.78, 5) is 0. The highest BCUT2D eigenvalue weighted by Crippen LogP contribution is 2.29. The summed E-state index contributed by atoms with van der Waals surface area (Å²) in [6.07, 6.45) is 0. The number of hydrogen-bond donors (Lipinski definition) is 1. The van der Waals surface area contributed by atoms with Crippen LogP contribution in [0.1, 0.15) is 11.1 Å². The molecule has 2 rings (SSSR count). The van der Waals surface area contributed by atoms with Crippen molar-refractivity contribution in [2.75, 3.05) is 5.73 Å². The van der Waals surface area contributed by atoms with Crippen molar-refractivity contribution in [3.8, 4) is 11.3 Å². The fourth-order valence-electron chi connectivity index (χ4n) is 1.69. The van der Waals surface area contributed by atoms with Gasteiger partial charge in [-0.25, -0.2) is 0 Å². The molecule has 2 N–H and O–H groups in total. The van der Waals surface area contributed by atoms with Gasteiger partial charge in [-0.15, -0.1) is 0 Å². The molecule has 0 bridgehead atoms. The molecule has 0 unspecified atom stereocenters. The molecule has 0 fully saturated rings. The van der Waals surface area contributed by atoms with Gasteiger partial charge in [-0.3, -0.25) is 4.68 Å². The molecule has 0 aliphatic heterocycles. The number of nitrogen functional groups attached to an aromatic ring is 1. The molecule has 4 heteroatoms. The van der Waals surface area contributed by atoms with E-state index in [0.29, 0.717) is 5.82 Å². The van der Waals surface area contributed by atoms with Crippen LogP contribution in [-0.2, 0) is 7.05 Å². The van der Waals surface area contributed by atoms with Crippen LogP contribution in [0.3, 0.4) is 0 Å². The Balaban J connectivity index is 2.63. The van der Waals surface area contributed by atoms with Crippen molar-refractivity contribution in [2.45, 2.75) is 13.8 Å². The van der Waals surface area contributed by atoms with Gasteiger partial charge in [0.1, 0.15) is 5.82 Å². The van der Waals surface area contributed by atoms with E-state index in [0.717, 1.165) is 15.7 Å². The Morgan fingerprint density at radius 1 is 1.25 bits per heavy atom. The number of nitrogens with two attached hydrogens (primary N) is 1. The fraction of sp³-hybridized carbons (Fsp3) is 0.250. The minimum atomic E-state index is 0.673. The molecule has 3 nitrogen and oxygen atoms in total. The fourth-order valence-corrected chi connectivity index (χ4v) is 2.27. The minimum absolute atomic E-state index is 0.673. The molecular formula is C12H14BrN3. The summed E-state index contributed by atoms with van der Waals surface area (Å²) in [5.74, 6) is 0.673. The third-order valence-corrected chi connectivity index (χ3v) is 3.28. The third-order valence-electron chi connectivity index (χ3n) is 2.82. The maximum Gasteiger partial charge on any atom is 0.121 e. The maximum atomic E-state index is 5.79. The first kappa shape index (κ1) is 11.2. The van der Waals surface area contributed by atoms with Gasteiger partial charge in [0, 0.05) is 23.2 Å². The summed E-state index contributed by atoms with van der Waals surface area (Å²) >= 11 is 3.50. The number of aromatic nitrogens is 2. The molecule has 1 aromatic heterocycles. The van der Waals surface area contributed by atoms with Crippen molar-refractivity contribution < 1.29 is 0 Å². The van der Waals surface area contributed by atoms with E-state index in [-0.39, 0.29) is 0 Å². The second kappa shape index (κ2) is 3.94. The van der Waals surface area contributed by atoms with Crippen LogP contribution in [0.4, 0.5) is 5.82 Å². The molecule has 1 heterocycles. The van der Waals surface area contributed by atoms with Gasteiger partial charge in [0.2, 0.25) is 0 Å². The van der Waals surface area contributed by atoms with E-state index >= 15 is 0 Å². The highest BCUT2D eigenvalue weighted by atomic mass is 79.9. The first-order valence-corrected chi connectivity index (χ1v) is 5.85. The van der Waals surface area contributed by atoms with Gasteiger partial charge in [-0.2, -0.15) is 5.10 Å². The lowest BCUT2D eigenvalue weighted by Gasteiger charge is -2.07. The van der Waals surface area contributed by atoms with Crippen LogP contribution >= 0.6 is 15.9 Å². The number of halogens is 1. The van der Waals surface area contributed by atoms with Gasteiger partial charge >= 0.3 is 0 Å². The zero-order chi connectivity index (χ0) is 11.9. The van der Waals surface area contributed by atoms with E-state index in [4.69, 9.17) is 5.73 Å². The SMILES string of the molecule is Cc1cc(Br)cc(-c2cc(N)n(C)n2)c1C. The second-order valence-electron chi connectivity index (χ2n) is 3.97. The Labute approximate surface area is 103 Å². The van der Waals surface area contributed by atoms with Crippen LogP contribution in [0.2, 0.25) is 0 Å². The molecule has 0 saturated carbocycles. The maximum absolute atomic E-state index is 5.79. The average Bonchev–Trinajstić information content (AvgIpc) is 2.53. The van der Waals surface area contributed by atoms with Crippen LogP contribution in [0, 0.1) is 13.8 Å². The first-order chi connectivity index (χ1) is 7.49. The van der Waals surface area contributed by atoms with Crippen molar-refractivity contribution in [1.29, 1.82) is 0 Å². The molecular weight excluding hydrogens is 266 g/mol. The Morgan fingerprint density at radius 3 is 2.50 bits per heavy atom. The molecule has 16 heavy (non-hydrogen) atoms. The van der Waals surface area contributed by atoms with Gasteiger partial charge < -0.3 is 5.73 Å². The van der Waals surface area contributed by atoms with Gasteiger partial charge in [0.25, 0.3) is 0 Å². The Hall–Kier alpha value is -1.29. The standard InChI is InChI=1S/C12H14BrN3/c1-7-4-9(13)5-10(8(7)2)11-6-12(14)16(3)15-11/h4-6H,14H2,1-3H3. The number of rotatable bonds is 1. The van der Waals surface area contributed by atoms with Crippen LogP contribution in [0.25, 0.3) is 11.3 Å². The molecule has 0 spiro atoms. The number of aryl methyl sites for hydroxylation is 2. The van der Waals surface area contributed by atoms with Gasteiger partial charge in [0.15, 0.2) is 0 Å². The van der Waals surface area contributed by atoms with Crippen LogP contribution in [-0.4, -0.2) is 9.78 Å². The zero-order valence-corrected chi connectivity index (χ0v) is 11.2. The predicted octanol–water partition coefficient (Wildman–Crippen LogP) is 3.05. The smallest absolute Gasteiger partial charge is 0.121 e. The normalized spacial score (nSPS) is 10.8. The Bertz CT molecular complexity index is 524. The molecule has 0 saturated heterocycles. The Morgan fingerprint density at radius 2 is 1.94 bits per heavy atom. The predicted molar refractivity (Wildman–Crippen MR) is 70.2 cm³/mol. The molecule has 0 atom stereocenters. The quantitative estimate of drug-likeness (QED) is 0.872. The summed E-state index contributed by atoms with van der Waals surface area (Å²) in [6.45, 7) is 4.19. The average molecular weight is 280 g/mol. The largest absolute Gasteiger partial charge is 0.384 e. The summed E-state index contributed by atoms with van der Waals surface area (Å²) in [6, 6.07) is 6.07. The van der Waals surface area contributed by atoms with Crippen molar-refractivity contribution in [2.24, 2.45) is 7.05 Å². The number of hydrogen-bond acceptors (Lipinski definition) is 2. The Kier molecular flexibility index (Phi) is 2.76. The number of nitrogens with zero attached hydrogens (tertiary/aromatic N) is 2. The van der Waals surface area contributed by atoms with E-state index in [1.165, 1.54) is 11.1 Å². The molecule has 1 aromatic carbocycles. The summed E-state index contributed by atoms with van der Waals surface area (Å²) in [7, 11) is 1.85. The highest BCUT2D eigenvalue weighted by Gasteiger charge is 2.10. The van der Waals surface area contributed by atoms with Crippen molar-refractivity contribution in [1.82, 2.24) is 9.78 Å². The first-order valence-electron chi connectivity index (χ1n) is 5.05. The molecule has 84 valence electrons. The minimum Gasteiger partial charge on any atom is -0.384 e. The summed E-state index contributed by atoms with van der Waals surface area (Å²) in [5, 5.41) is 4.39.